The lowest BCUT2D eigenvalue weighted by molar-refractivity contribution is 0.0697. The second-order valence-corrected chi connectivity index (χ2v) is 4.09. The Balaban J connectivity index is 2.58. The van der Waals surface area contributed by atoms with Crippen LogP contribution in [0.3, 0.4) is 0 Å². The van der Waals surface area contributed by atoms with Crippen molar-refractivity contribution in [2.24, 2.45) is 0 Å². The van der Waals surface area contributed by atoms with Gasteiger partial charge in [-0.2, -0.15) is 0 Å². The van der Waals surface area contributed by atoms with E-state index in [2.05, 4.69) is 4.98 Å². The van der Waals surface area contributed by atoms with Crippen molar-refractivity contribution >= 4 is 17.6 Å². The van der Waals surface area contributed by atoms with E-state index >= 15 is 0 Å². The first-order chi connectivity index (χ1) is 8.08. The first-order valence-electron chi connectivity index (χ1n) is 5.04. The number of hydrogen-bond acceptors (Lipinski definition) is 2. The summed E-state index contributed by atoms with van der Waals surface area (Å²) in [5.41, 5.74) is 2.65. The maximum Gasteiger partial charge on any atom is 0.335 e. The van der Waals surface area contributed by atoms with Crippen LogP contribution in [0.4, 0.5) is 0 Å². The monoisotopic (exact) mass is 247 g/mol. The molecule has 0 fully saturated rings. The Labute approximate surface area is 104 Å². The third-order valence-corrected chi connectivity index (χ3v) is 2.75. The van der Waals surface area contributed by atoms with Gasteiger partial charge >= 0.3 is 5.97 Å². The highest BCUT2D eigenvalue weighted by atomic mass is 35.5. The number of aromatic nitrogens is 1. The summed E-state index contributed by atoms with van der Waals surface area (Å²) in [6.07, 6.45) is 1.68. The summed E-state index contributed by atoms with van der Waals surface area (Å²) in [5.74, 6) is -0.964. The van der Waals surface area contributed by atoms with Crippen LogP contribution in [-0.4, -0.2) is 16.1 Å². The van der Waals surface area contributed by atoms with Crippen molar-refractivity contribution in [2.45, 2.75) is 6.92 Å². The third-order valence-electron chi connectivity index (χ3n) is 2.42. The van der Waals surface area contributed by atoms with Crippen LogP contribution in [0.5, 0.6) is 0 Å². The summed E-state index contributed by atoms with van der Waals surface area (Å²) in [6, 6.07) is 8.32. The Morgan fingerprint density at radius 2 is 2.06 bits per heavy atom. The zero-order valence-corrected chi connectivity index (χ0v) is 9.90. The van der Waals surface area contributed by atoms with Gasteiger partial charge in [-0.3, -0.25) is 4.98 Å². The fraction of sp³-hybridized carbons (Fsp3) is 0.0769. The minimum absolute atomic E-state index is 0.221. The fourth-order valence-corrected chi connectivity index (χ4v) is 1.82. The van der Waals surface area contributed by atoms with Gasteiger partial charge in [-0.05, 0) is 42.8 Å². The van der Waals surface area contributed by atoms with Gasteiger partial charge in [0.1, 0.15) is 0 Å². The van der Waals surface area contributed by atoms with Crippen LogP contribution in [0.1, 0.15) is 16.1 Å². The van der Waals surface area contributed by atoms with Crippen LogP contribution in [-0.2, 0) is 0 Å². The maximum absolute atomic E-state index is 10.9. The average molecular weight is 248 g/mol. The minimum Gasteiger partial charge on any atom is -0.478 e. The molecule has 86 valence electrons. The molecule has 3 nitrogen and oxygen atoms in total. The van der Waals surface area contributed by atoms with Gasteiger partial charge in [-0.25, -0.2) is 4.79 Å². The molecule has 0 radical (unpaired) electrons. The number of aryl methyl sites for hydroxylation is 1. The molecular formula is C13H10ClNO2. The molecule has 0 saturated carbocycles. The molecule has 0 aliphatic carbocycles. The van der Waals surface area contributed by atoms with Gasteiger partial charge in [0.2, 0.25) is 0 Å². The predicted octanol–water partition coefficient (Wildman–Crippen LogP) is 3.41. The van der Waals surface area contributed by atoms with Crippen LogP contribution >= 0.6 is 11.6 Å². The Morgan fingerprint density at radius 1 is 1.29 bits per heavy atom. The highest BCUT2D eigenvalue weighted by molar-refractivity contribution is 6.33. The summed E-state index contributed by atoms with van der Waals surface area (Å²) >= 11 is 6.07. The third kappa shape index (κ3) is 2.45. The summed E-state index contributed by atoms with van der Waals surface area (Å²) in [7, 11) is 0. The van der Waals surface area contributed by atoms with E-state index in [-0.39, 0.29) is 5.56 Å². The molecule has 1 aromatic carbocycles. The van der Waals surface area contributed by atoms with E-state index in [0.29, 0.717) is 10.6 Å². The normalized spacial score (nSPS) is 10.2. The molecule has 17 heavy (non-hydrogen) atoms. The molecule has 0 spiro atoms. The number of aromatic carboxylic acids is 1. The first kappa shape index (κ1) is 11.6. The van der Waals surface area contributed by atoms with Crippen molar-refractivity contribution < 1.29 is 9.90 Å². The van der Waals surface area contributed by atoms with Crippen molar-refractivity contribution in [1.82, 2.24) is 4.98 Å². The van der Waals surface area contributed by atoms with Gasteiger partial charge in [0.05, 0.1) is 5.56 Å². The molecule has 0 amide bonds. The SMILES string of the molecule is Cc1cc(-c2cc(C(=O)O)ccc2Cl)ccn1. The minimum atomic E-state index is -0.964. The maximum atomic E-state index is 10.9. The van der Waals surface area contributed by atoms with E-state index in [4.69, 9.17) is 16.7 Å². The standard InChI is InChI=1S/C13H10ClNO2/c1-8-6-9(4-5-15-8)11-7-10(13(16)17)2-3-12(11)14/h2-7H,1H3,(H,16,17). The van der Waals surface area contributed by atoms with Gasteiger partial charge in [-0.1, -0.05) is 11.6 Å². The Bertz CT molecular complexity index is 581. The molecule has 0 aliphatic heterocycles. The molecule has 0 atom stereocenters. The van der Waals surface area contributed by atoms with E-state index in [0.717, 1.165) is 11.3 Å². The number of benzene rings is 1. The van der Waals surface area contributed by atoms with Crippen molar-refractivity contribution in [3.8, 4) is 11.1 Å². The van der Waals surface area contributed by atoms with Crippen LogP contribution in [0.2, 0.25) is 5.02 Å². The van der Waals surface area contributed by atoms with Gasteiger partial charge in [0, 0.05) is 22.5 Å². The van der Waals surface area contributed by atoms with E-state index in [1.807, 2.05) is 13.0 Å². The highest BCUT2D eigenvalue weighted by Crippen LogP contribution is 2.28. The lowest BCUT2D eigenvalue weighted by Gasteiger charge is -2.06. The molecule has 1 aromatic heterocycles. The number of nitrogens with zero attached hydrogens (tertiary/aromatic N) is 1. The van der Waals surface area contributed by atoms with Crippen LogP contribution < -0.4 is 0 Å². The summed E-state index contributed by atoms with van der Waals surface area (Å²) < 4.78 is 0. The second-order valence-electron chi connectivity index (χ2n) is 3.69. The molecule has 1 heterocycles. The molecule has 2 rings (SSSR count). The second kappa shape index (κ2) is 4.55. The lowest BCUT2D eigenvalue weighted by Crippen LogP contribution is -1.96. The van der Waals surface area contributed by atoms with Crippen LogP contribution in [0, 0.1) is 6.92 Å². The molecule has 2 aromatic rings. The van der Waals surface area contributed by atoms with Gasteiger partial charge in [-0.15, -0.1) is 0 Å². The summed E-state index contributed by atoms with van der Waals surface area (Å²) in [5, 5.41) is 9.47. The molecular weight excluding hydrogens is 238 g/mol. The number of carboxylic acids is 1. The van der Waals surface area contributed by atoms with E-state index in [1.165, 1.54) is 6.07 Å². The summed E-state index contributed by atoms with van der Waals surface area (Å²) in [6.45, 7) is 1.87. The summed E-state index contributed by atoms with van der Waals surface area (Å²) in [4.78, 5) is 15.0. The largest absolute Gasteiger partial charge is 0.478 e. The number of carbonyl (C=O) groups is 1. The van der Waals surface area contributed by atoms with Crippen molar-refractivity contribution in [2.75, 3.05) is 0 Å². The van der Waals surface area contributed by atoms with E-state index in [1.54, 1.807) is 24.4 Å². The molecule has 4 heteroatoms. The van der Waals surface area contributed by atoms with Crippen molar-refractivity contribution in [3.63, 3.8) is 0 Å². The quantitative estimate of drug-likeness (QED) is 0.885. The van der Waals surface area contributed by atoms with Gasteiger partial charge < -0.3 is 5.11 Å². The van der Waals surface area contributed by atoms with Crippen LogP contribution in [0.15, 0.2) is 36.5 Å². The Morgan fingerprint density at radius 3 is 2.71 bits per heavy atom. The molecule has 0 unspecified atom stereocenters. The molecule has 0 saturated heterocycles. The first-order valence-corrected chi connectivity index (χ1v) is 5.41. The average Bonchev–Trinajstić information content (AvgIpc) is 2.29. The highest BCUT2D eigenvalue weighted by Gasteiger charge is 2.09. The molecule has 1 N–H and O–H groups in total. The zero-order valence-electron chi connectivity index (χ0n) is 9.14. The van der Waals surface area contributed by atoms with E-state index < -0.39 is 5.97 Å². The molecule has 0 bridgehead atoms. The number of rotatable bonds is 2. The lowest BCUT2D eigenvalue weighted by atomic mass is 10.0. The fourth-order valence-electron chi connectivity index (χ4n) is 1.59. The van der Waals surface area contributed by atoms with E-state index in [9.17, 15) is 4.79 Å². The number of halogens is 1. The molecule has 0 aliphatic rings. The predicted molar refractivity (Wildman–Crippen MR) is 66.4 cm³/mol. The topological polar surface area (TPSA) is 50.2 Å². The van der Waals surface area contributed by atoms with Gasteiger partial charge in [0.15, 0.2) is 0 Å². The van der Waals surface area contributed by atoms with Crippen molar-refractivity contribution in [3.05, 3.63) is 52.8 Å². The number of carboxylic acid groups (broad SMARTS) is 1. The van der Waals surface area contributed by atoms with Gasteiger partial charge in [0.25, 0.3) is 0 Å². The Hall–Kier alpha value is -1.87. The smallest absolute Gasteiger partial charge is 0.335 e. The van der Waals surface area contributed by atoms with Crippen molar-refractivity contribution in [1.29, 1.82) is 0 Å². The Kier molecular flexibility index (Phi) is 3.11. The van der Waals surface area contributed by atoms with Crippen LogP contribution in [0.25, 0.3) is 11.1 Å². The number of hydrogen-bond donors (Lipinski definition) is 1. The number of pyridine rings is 1. The zero-order chi connectivity index (χ0) is 12.4.